The number of hydrogen-bond donors (Lipinski definition) is 0. The van der Waals surface area contributed by atoms with Crippen LogP contribution in [0.15, 0.2) is 54.6 Å². The van der Waals surface area contributed by atoms with E-state index in [0.717, 1.165) is 11.1 Å². The van der Waals surface area contributed by atoms with Crippen molar-refractivity contribution in [1.29, 1.82) is 0 Å². The summed E-state index contributed by atoms with van der Waals surface area (Å²) in [5, 5.41) is 0. The first-order chi connectivity index (χ1) is 7.27. The van der Waals surface area contributed by atoms with Crippen molar-refractivity contribution in [2.75, 3.05) is 0 Å². The van der Waals surface area contributed by atoms with Crippen molar-refractivity contribution >= 4 is 5.91 Å². The van der Waals surface area contributed by atoms with Crippen molar-refractivity contribution in [3.05, 3.63) is 60.2 Å². The standard InChI is InChI=1S/C13H10NO/c14-13(15)12-8-6-11(7-9-12)10-4-2-1-3-5-10/h1-9,14H. The largest absolute Gasteiger partial charge is 0.269 e. The lowest BCUT2D eigenvalue weighted by Gasteiger charge is -2.01. The first-order valence-corrected chi connectivity index (χ1v) is 4.69. The van der Waals surface area contributed by atoms with Gasteiger partial charge in [0.2, 0.25) is 0 Å². The molecule has 0 spiro atoms. The van der Waals surface area contributed by atoms with Gasteiger partial charge in [-0.15, -0.1) is 0 Å². The molecule has 0 saturated carbocycles. The smallest absolute Gasteiger partial charge is 0.267 e. The Morgan fingerprint density at radius 2 is 1.33 bits per heavy atom. The Labute approximate surface area is 88.4 Å². The van der Waals surface area contributed by atoms with Gasteiger partial charge in [0.05, 0.1) is 0 Å². The molecule has 2 rings (SSSR count). The molecule has 0 atom stereocenters. The zero-order chi connectivity index (χ0) is 10.7. The van der Waals surface area contributed by atoms with Gasteiger partial charge in [-0.25, -0.2) is 0 Å². The van der Waals surface area contributed by atoms with Crippen LogP contribution in [0.3, 0.4) is 0 Å². The maximum Gasteiger partial charge on any atom is 0.269 e. The summed E-state index contributed by atoms with van der Waals surface area (Å²) in [6.07, 6.45) is 0. The van der Waals surface area contributed by atoms with Crippen LogP contribution in [0, 0.1) is 0 Å². The average molecular weight is 196 g/mol. The Hall–Kier alpha value is -2.09. The third kappa shape index (κ3) is 2.05. The molecule has 1 amide bonds. The molecule has 2 aromatic rings. The molecule has 0 unspecified atom stereocenters. The van der Waals surface area contributed by atoms with E-state index in [0.29, 0.717) is 5.56 Å². The van der Waals surface area contributed by atoms with Crippen LogP contribution >= 0.6 is 0 Å². The van der Waals surface area contributed by atoms with Crippen molar-refractivity contribution in [2.24, 2.45) is 0 Å². The van der Waals surface area contributed by atoms with Gasteiger partial charge < -0.3 is 0 Å². The molecule has 73 valence electrons. The van der Waals surface area contributed by atoms with E-state index in [1.54, 1.807) is 12.1 Å². The monoisotopic (exact) mass is 196 g/mol. The third-order valence-corrected chi connectivity index (χ3v) is 2.25. The molecule has 0 fully saturated rings. The van der Waals surface area contributed by atoms with E-state index < -0.39 is 5.91 Å². The van der Waals surface area contributed by atoms with Crippen LogP contribution < -0.4 is 5.73 Å². The van der Waals surface area contributed by atoms with Gasteiger partial charge in [0.25, 0.3) is 5.91 Å². The summed E-state index contributed by atoms with van der Waals surface area (Å²) in [7, 11) is 0. The Balaban J connectivity index is 2.36. The van der Waals surface area contributed by atoms with Gasteiger partial charge in [-0.1, -0.05) is 42.5 Å². The second kappa shape index (κ2) is 3.96. The predicted molar refractivity (Wildman–Crippen MR) is 59.3 cm³/mol. The lowest BCUT2D eigenvalue weighted by molar-refractivity contribution is 0.0992. The van der Waals surface area contributed by atoms with Gasteiger partial charge >= 0.3 is 0 Å². The van der Waals surface area contributed by atoms with Crippen LogP contribution in [0.2, 0.25) is 0 Å². The van der Waals surface area contributed by atoms with Crippen molar-refractivity contribution in [1.82, 2.24) is 5.73 Å². The van der Waals surface area contributed by atoms with E-state index in [2.05, 4.69) is 0 Å². The van der Waals surface area contributed by atoms with Crippen molar-refractivity contribution in [2.45, 2.75) is 0 Å². The quantitative estimate of drug-likeness (QED) is 0.728. The Morgan fingerprint density at radius 3 is 1.87 bits per heavy atom. The van der Waals surface area contributed by atoms with Crippen molar-refractivity contribution in [3.63, 3.8) is 0 Å². The molecule has 0 heterocycles. The molecular weight excluding hydrogens is 186 g/mol. The number of benzene rings is 2. The number of carbonyl (C=O) groups excluding carboxylic acids is 1. The summed E-state index contributed by atoms with van der Waals surface area (Å²) in [6.45, 7) is 0. The lowest BCUT2D eigenvalue weighted by atomic mass is 10.0. The fourth-order valence-corrected chi connectivity index (χ4v) is 1.44. The number of amides is 1. The van der Waals surface area contributed by atoms with E-state index >= 15 is 0 Å². The molecule has 0 aliphatic heterocycles. The van der Waals surface area contributed by atoms with Crippen LogP contribution in [0.5, 0.6) is 0 Å². The summed E-state index contributed by atoms with van der Waals surface area (Å²) < 4.78 is 0. The topological polar surface area (TPSA) is 40.9 Å². The predicted octanol–water partition coefficient (Wildman–Crippen LogP) is 2.78. The van der Waals surface area contributed by atoms with Crippen LogP contribution in [0.25, 0.3) is 11.1 Å². The molecule has 2 aromatic carbocycles. The second-order valence-electron chi connectivity index (χ2n) is 3.27. The molecule has 2 heteroatoms. The van der Waals surface area contributed by atoms with E-state index in [4.69, 9.17) is 5.73 Å². The SMILES string of the molecule is [NH]C(=O)c1ccc(-c2ccccc2)cc1. The molecular formula is C13H10NO. The summed E-state index contributed by atoms with van der Waals surface area (Å²) in [5.41, 5.74) is 9.55. The lowest BCUT2D eigenvalue weighted by Crippen LogP contribution is -1.97. The van der Waals surface area contributed by atoms with Crippen molar-refractivity contribution in [3.8, 4) is 11.1 Å². The number of carbonyl (C=O) groups is 1. The minimum Gasteiger partial charge on any atom is -0.267 e. The zero-order valence-corrected chi connectivity index (χ0v) is 8.10. The van der Waals surface area contributed by atoms with Crippen LogP contribution in [0.4, 0.5) is 0 Å². The van der Waals surface area contributed by atoms with E-state index in [1.165, 1.54) is 0 Å². The van der Waals surface area contributed by atoms with E-state index in [-0.39, 0.29) is 0 Å². The van der Waals surface area contributed by atoms with Crippen LogP contribution in [-0.4, -0.2) is 5.91 Å². The normalized spacial score (nSPS) is 9.87. The maximum absolute atomic E-state index is 10.8. The fourth-order valence-electron chi connectivity index (χ4n) is 1.44. The highest BCUT2D eigenvalue weighted by Crippen LogP contribution is 2.18. The van der Waals surface area contributed by atoms with Gasteiger partial charge in [-0.3, -0.25) is 10.5 Å². The Bertz CT molecular complexity index is 460. The number of hydrogen-bond acceptors (Lipinski definition) is 1. The van der Waals surface area contributed by atoms with Gasteiger partial charge in [0.1, 0.15) is 0 Å². The van der Waals surface area contributed by atoms with Gasteiger partial charge in [0.15, 0.2) is 0 Å². The highest BCUT2D eigenvalue weighted by molar-refractivity contribution is 5.92. The van der Waals surface area contributed by atoms with E-state index in [9.17, 15) is 4.79 Å². The van der Waals surface area contributed by atoms with Gasteiger partial charge in [-0.05, 0) is 23.3 Å². The van der Waals surface area contributed by atoms with Crippen molar-refractivity contribution < 1.29 is 4.79 Å². The second-order valence-corrected chi connectivity index (χ2v) is 3.27. The number of rotatable bonds is 2. The molecule has 0 aliphatic carbocycles. The van der Waals surface area contributed by atoms with Crippen LogP contribution in [0.1, 0.15) is 10.4 Å². The fraction of sp³-hybridized carbons (Fsp3) is 0. The summed E-state index contributed by atoms with van der Waals surface area (Å²) in [4.78, 5) is 10.8. The highest BCUT2D eigenvalue weighted by Gasteiger charge is 2.01. The minimum atomic E-state index is -0.644. The molecule has 2 nitrogen and oxygen atoms in total. The molecule has 1 radical (unpaired) electrons. The summed E-state index contributed by atoms with van der Waals surface area (Å²) in [6, 6.07) is 17.0. The Kier molecular flexibility index (Phi) is 2.50. The summed E-state index contributed by atoms with van der Waals surface area (Å²) in [5.74, 6) is -0.644. The van der Waals surface area contributed by atoms with Gasteiger partial charge in [-0.2, -0.15) is 0 Å². The Morgan fingerprint density at radius 1 is 0.800 bits per heavy atom. The molecule has 15 heavy (non-hydrogen) atoms. The highest BCUT2D eigenvalue weighted by atomic mass is 16.1. The summed E-state index contributed by atoms with van der Waals surface area (Å²) >= 11 is 0. The molecule has 0 saturated heterocycles. The zero-order valence-electron chi connectivity index (χ0n) is 8.10. The minimum absolute atomic E-state index is 0.426. The first kappa shape index (κ1) is 9.46. The molecule has 0 aromatic heterocycles. The average Bonchev–Trinajstić information content (AvgIpc) is 2.30. The first-order valence-electron chi connectivity index (χ1n) is 4.69. The van der Waals surface area contributed by atoms with Crippen LogP contribution in [-0.2, 0) is 0 Å². The third-order valence-electron chi connectivity index (χ3n) is 2.25. The maximum atomic E-state index is 10.8. The molecule has 0 aliphatic rings. The number of nitrogens with one attached hydrogen (secondary N) is 1. The molecule has 1 N–H and O–H groups in total. The van der Waals surface area contributed by atoms with Gasteiger partial charge in [0, 0.05) is 5.56 Å². The van der Waals surface area contributed by atoms with E-state index in [1.807, 2.05) is 42.5 Å². The molecule has 0 bridgehead atoms.